The molecule has 0 spiro atoms. The fourth-order valence-corrected chi connectivity index (χ4v) is 3.55. The van der Waals surface area contributed by atoms with Gasteiger partial charge in [0.25, 0.3) is 5.91 Å². The Balaban J connectivity index is 1.55. The molecule has 0 bridgehead atoms. The highest BCUT2D eigenvalue weighted by Crippen LogP contribution is 2.28. The molecule has 21 heavy (non-hydrogen) atoms. The fraction of sp³-hybridized carbons (Fsp3) is 0.286. The molecule has 1 amide bonds. The molecule has 0 N–H and O–H groups in total. The van der Waals surface area contributed by atoms with Crippen LogP contribution < -0.4 is 0 Å². The zero-order valence-corrected chi connectivity index (χ0v) is 11.9. The van der Waals surface area contributed by atoms with E-state index in [1.807, 2.05) is 29.2 Å². The first kappa shape index (κ1) is 12.5. The standard InChI is InChI=1S/C14H12N4O2S/c19-14(13-16-10-3-1-2-4-11(10)21-13)18-6-5-9(7-18)12-15-8-20-17-12/h1-4,8-9H,5-7H2/t9-/m0/s1. The normalized spacial score (nSPS) is 18.5. The van der Waals surface area contributed by atoms with Gasteiger partial charge in [-0.2, -0.15) is 4.98 Å². The molecular weight excluding hydrogens is 288 g/mol. The molecule has 106 valence electrons. The number of benzene rings is 1. The largest absolute Gasteiger partial charge is 0.343 e. The van der Waals surface area contributed by atoms with Crippen LogP contribution >= 0.6 is 11.3 Å². The number of thiazole rings is 1. The molecule has 1 fully saturated rings. The van der Waals surface area contributed by atoms with E-state index in [4.69, 9.17) is 4.52 Å². The van der Waals surface area contributed by atoms with E-state index in [0.717, 1.165) is 16.6 Å². The molecule has 0 aliphatic carbocycles. The van der Waals surface area contributed by atoms with Crippen LogP contribution in [0.15, 0.2) is 35.2 Å². The second kappa shape index (κ2) is 4.92. The van der Waals surface area contributed by atoms with Crippen LogP contribution in [0.25, 0.3) is 10.2 Å². The maximum absolute atomic E-state index is 12.5. The molecular formula is C14H12N4O2S. The molecule has 3 heterocycles. The molecule has 1 atom stereocenters. The van der Waals surface area contributed by atoms with Crippen LogP contribution in [0.3, 0.4) is 0 Å². The van der Waals surface area contributed by atoms with Gasteiger partial charge in [-0.15, -0.1) is 11.3 Å². The Bertz CT molecular complexity index is 750. The van der Waals surface area contributed by atoms with Gasteiger partial charge in [0.05, 0.1) is 10.2 Å². The molecule has 0 saturated carbocycles. The number of hydrogen-bond acceptors (Lipinski definition) is 6. The number of carbonyl (C=O) groups excluding carboxylic acids is 1. The van der Waals surface area contributed by atoms with Crippen LogP contribution in [0.2, 0.25) is 0 Å². The van der Waals surface area contributed by atoms with Gasteiger partial charge in [0, 0.05) is 19.0 Å². The van der Waals surface area contributed by atoms with Gasteiger partial charge in [-0.05, 0) is 18.6 Å². The van der Waals surface area contributed by atoms with Crippen molar-refractivity contribution in [2.24, 2.45) is 0 Å². The average Bonchev–Trinajstić information content (AvgIpc) is 3.24. The number of carbonyl (C=O) groups is 1. The summed E-state index contributed by atoms with van der Waals surface area (Å²) in [7, 11) is 0. The minimum absolute atomic E-state index is 0.0119. The summed E-state index contributed by atoms with van der Waals surface area (Å²) >= 11 is 1.44. The number of rotatable bonds is 2. The van der Waals surface area contributed by atoms with Gasteiger partial charge in [0.2, 0.25) is 6.39 Å². The Morgan fingerprint density at radius 1 is 1.38 bits per heavy atom. The Morgan fingerprint density at radius 2 is 2.29 bits per heavy atom. The molecule has 3 aromatic rings. The number of nitrogens with zero attached hydrogens (tertiary/aromatic N) is 4. The SMILES string of the molecule is O=C(c1nc2ccccc2s1)N1CC[C@H](c2ncon2)C1. The Kier molecular flexibility index (Phi) is 2.92. The zero-order valence-electron chi connectivity index (χ0n) is 11.1. The van der Waals surface area contributed by atoms with Gasteiger partial charge in [0.15, 0.2) is 10.8 Å². The van der Waals surface area contributed by atoms with E-state index in [2.05, 4.69) is 15.1 Å². The zero-order chi connectivity index (χ0) is 14.2. The summed E-state index contributed by atoms with van der Waals surface area (Å²) in [4.78, 5) is 22.9. The lowest BCUT2D eigenvalue weighted by atomic mass is 10.1. The highest BCUT2D eigenvalue weighted by Gasteiger charge is 2.31. The molecule has 0 unspecified atom stereocenters. The number of aromatic nitrogens is 3. The van der Waals surface area contributed by atoms with E-state index in [-0.39, 0.29) is 11.8 Å². The van der Waals surface area contributed by atoms with Crippen molar-refractivity contribution in [2.75, 3.05) is 13.1 Å². The average molecular weight is 300 g/mol. The lowest BCUT2D eigenvalue weighted by molar-refractivity contribution is 0.0790. The Labute approximate surface area is 124 Å². The molecule has 6 nitrogen and oxygen atoms in total. The van der Waals surface area contributed by atoms with Crippen molar-refractivity contribution in [1.29, 1.82) is 0 Å². The van der Waals surface area contributed by atoms with Gasteiger partial charge in [-0.1, -0.05) is 17.3 Å². The van der Waals surface area contributed by atoms with Crippen LogP contribution in [0.5, 0.6) is 0 Å². The first-order chi connectivity index (χ1) is 10.3. The third kappa shape index (κ3) is 2.19. The first-order valence-electron chi connectivity index (χ1n) is 6.72. The minimum Gasteiger partial charge on any atom is -0.343 e. The van der Waals surface area contributed by atoms with Gasteiger partial charge >= 0.3 is 0 Å². The van der Waals surface area contributed by atoms with E-state index >= 15 is 0 Å². The highest BCUT2D eigenvalue weighted by atomic mass is 32.1. The Hall–Kier alpha value is -2.28. The second-order valence-corrected chi connectivity index (χ2v) is 6.04. The van der Waals surface area contributed by atoms with Crippen LogP contribution in [-0.4, -0.2) is 39.0 Å². The third-order valence-corrected chi connectivity index (χ3v) is 4.72. The summed E-state index contributed by atoms with van der Waals surface area (Å²) in [5.74, 6) is 0.818. The summed E-state index contributed by atoms with van der Waals surface area (Å²) in [6.45, 7) is 1.32. The topological polar surface area (TPSA) is 72.1 Å². The van der Waals surface area contributed by atoms with Crippen molar-refractivity contribution in [3.05, 3.63) is 41.5 Å². The monoisotopic (exact) mass is 300 g/mol. The van der Waals surface area contributed by atoms with E-state index in [0.29, 0.717) is 23.9 Å². The van der Waals surface area contributed by atoms with Crippen LogP contribution in [0.4, 0.5) is 0 Å². The molecule has 1 aliphatic heterocycles. The Morgan fingerprint density at radius 3 is 3.10 bits per heavy atom. The number of likely N-dealkylation sites (tertiary alicyclic amines) is 1. The fourth-order valence-electron chi connectivity index (χ4n) is 2.61. The van der Waals surface area contributed by atoms with E-state index in [1.54, 1.807) is 0 Å². The molecule has 2 aromatic heterocycles. The first-order valence-corrected chi connectivity index (χ1v) is 7.54. The quantitative estimate of drug-likeness (QED) is 0.726. The summed E-state index contributed by atoms with van der Waals surface area (Å²) < 4.78 is 5.81. The van der Waals surface area contributed by atoms with Gasteiger partial charge < -0.3 is 9.42 Å². The van der Waals surface area contributed by atoms with E-state index < -0.39 is 0 Å². The van der Waals surface area contributed by atoms with E-state index in [1.165, 1.54) is 17.7 Å². The summed E-state index contributed by atoms with van der Waals surface area (Å²) in [5.41, 5.74) is 0.875. The lowest BCUT2D eigenvalue weighted by Gasteiger charge is -2.13. The van der Waals surface area contributed by atoms with Crippen LogP contribution in [-0.2, 0) is 0 Å². The minimum atomic E-state index is -0.0119. The molecule has 1 aromatic carbocycles. The molecule has 1 saturated heterocycles. The third-order valence-electron chi connectivity index (χ3n) is 3.70. The van der Waals surface area contributed by atoms with Crippen molar-refractivity contribution in [1.82, 2.24) is 20.0 Å². The molecule has 4 rings (SSSR count). The predicted molar refractivity (Wildman–Crippen MR) is 77.2 cm³/mol. The molecule has 0 radical (unpaired) electrons. The van der Waals surface area contributed by atoms with Crippen molar-refractivity contribution in [3.8, 4) is 0 Å². The number of para-hydroxylation sites is 1. The summed E-state index contributed by atoms with van der Waals surface area (Å²) in [6.07, 6.45) is 2.18. The maximum Gasteiger partial charge on any atom is 0.282 e. The smallest absolute Gasteiger partial charge is 0.282 e. The lowest BCUT2D eigenvalue weighted by Crippen LogP contribution is -2.28. The van der Waals surface area contributed by atoms with Gasteiger partial charge in [0.1, 0.15) is 0 Å². The summed E-state index contributed by atoms with van der Waals surface area (Å²) in [5, 5.41) is 4.41. The number of fused-ring (bicyclic) bond motifs is 1. The van der Waals surface area contributed by atoms with E-state index in [9.17, 15) is 4.79 Å². The summed E-state index contributed by atoms with van der Waals surface area (Å²) in [6, 6.07) is 7.79. The number of amides is 1. The molecule has 7 heteroatoms. The van der Waals surface area contributed by atoms with Crippen molar-refractivity contribution in [2.45, 2.75) is 12.3 Å². The highest BCUT2D eigenvalue weighted by molar-refractivity contribution is 7.20. The van der Waals surface area contributed by atoms with Crippen molar-refractivity contribution < 1.29 is 9.32 Å². The number of hydrogen-bond donors (Lipinski definition) is 0. The van der Waals surface area contributed by atoms with Gasteiger partial charge in [-0.25, -0.2) is 4.98 Å². The van der Waals surface area contributed by atoms with Crippen LogP contribution in [0.1, 0.15) is 28.0 Å². The van der Waals surface area contributed by atoms with Gasteiger partial charge in [-0.3, -0.25) is 4.79 Å². The predicted octanol–water partition coefficient (Wildman–Crippen LogP) is 2.31. The van der Waals surface area contributed by atoms with Crippen molar-refractivity contribution >= 4 is 27.5 Å². The molecule has 1 aliphatic rings. The van der Waals surface area contributed by atoms with Crippen molar-refractivity contribution in [3.63, 3.8) is 0 Å². The second-order valence-electron chi connectivity index (χ2n) is 5.01. The maximum atomic E-state index is 12.5. The van der Waals surface area contributed by atoms with Crippen LogP contribution in [0, 0.1) is 0 Å².